The predicted molar refractivity (Wildman–Crippen MR) is 58.5 cm³/mol. The minimum atomic E-state index is 0.872. The normalized spacial score (nSPS) is 15.4. The van der Waals surface area contributed by atoms with Crippen LogP contribution in [0, 0.1) is 5.92 Å². The first-order valence-corrected chi connectivity index (χ1v) is 5.63. The molecule has 1 heteroatoms. The van der Waals surface area contributed by atoms with Crippen molar-refractivity contribution in [2.75, 3.05) is 6.61 Å². The largest absolute Gasteiger partial charge is 0.494 e. The van der Waals surface area contributed by atoms with E-state index in [1.54, 1.807) is 0 Å². The number of unbranched alkanes of at least 4 members (excludes halogenated alkanes) is 1. The van der Waals surface area contributed by atoms with E-state index in [0.717, 1.165) is 18.3 Å². The van der Waals surface area contributed by atoms with Crippen LogP contribution in [0.3, 0.4) is 0 Å². The summed E-state index contributed by atoms with van der Waals surface area (Å²) in [6, 6.07) is 10.1. The second kappa shape index (κ2) is 5.04. The minimum absolute atomic E-state index is 0.872. The maximum atomic E-state index is 5.61. The molecular formula is C13H18O. The lowest BCUT2D eigenvalue weighted by atomic mass is 10.2. The smallest absolute Gasteiger partial charge is 0.119 e. The van der Waals surface area contributed by atoms with Gasteiger partial charge in [0.15, 0.2) is 0 Å². The lowest BCUT2D eigenvalue weighted by Gasteiger charge is -2.04. The Morgan fingerprint density at radius 3 is 2.57 bits per heavy atom. The molecule has 0 bridgehead atoms. The van der Waals surface area contributed by atoms with Crippen molar-refractivity contribution < 1.29 is 4.74 Å². The lowest BCUT2D eigenvalue weighted by Crippen LogP contribution is -1.96. The monoisotopic (exact) mass is 190 g/mol. The maximum absolute atomic E-state index is 5.61. The summed E-state index contributed by atoms with van der Waals surface area (Å²) in [5, 5.41) is 0. The SMILES string of the molecule is c1ccc(OCCCCC2CC2)cc1. The first kappa shape index (κ1) is 9.57. The second-order valence-corrected chi connectivity index (χ2v) is 4.10. The van der Waals surface area contributed by atoms with Crippen molar-refractivity contribution in [3.63, 3.8) is 0 Å². The molecule has 0 radical (unpaired) electrons. The van der Waals surface area contributed by atoms with E-state index in [1.807, 2.05) is 30.3 Å². The fourth-order valence-corrected chi connectivity index (χ4v) is 1.65. The van der Waals surface area contributed by atoms with Crippen molar-refractivity contribution in [2.45, 2.75) is 32.1 Å². The maximum Gasteiger partial charge on any atom is 0.119 e. The highest BCUT2D eigenvalue weighted by Gasteiger charge is 2.19. The molecule has 14 heavy (non-hydrogen) atoms. The van der Waals surface area contributed by atoms with Gasteiger partial charge in [0, 0.05) is 0 Å². The van der Waals surface area contributed by atoms with Crippen LogP contribution in [0.4, 0.5) is 0 Å². The number of hydrogen-bond donors (Lipinski definition) is 0. The highest BCUT2D eigenvalue weighted by atomic mass is 16.5. The Bertz CT molecular complexity index is 251. The van der Waals surface area contributed by atoms with Crippen molar-refractivity contribution in [2.24, 2.45) is 5.92 Å². The zero-order chi connectivity index (χ0) is 9.64. The van der Waals surface area contributed by atoms with Crippen LogP contribution in [-0.4, -0.2) is 6.61 Å². The van der Waals surface area contributed by atoms with Crippen molar-refractivity contribution in [1.82, 2.24) is 0 Å². The molecule has 0 spiro atoms. The Kier molecular flexibility index (Phi) is 3.44. The first-order valence-electron chi connectivity index (χ1n) is 5.63. The first-order chi connectivity index (χ1) is 6.95. The van der Waals surface area contributed by atoms with Crippen LogP contribution in [0.5, 0.6) is 5.75 Å². The number of hydrogen-bond acceptors (Lipinski definition) is 1. The van der Waals surface area contributed by atoms with Gasteiger partial charge < -0.3 is 4.74 Å². The molecule has 1 fully saturated rings. The van der Waals surface area contributed by atoms with Gasteiger partial charge in [-0.15, -0.1) is 0 Å². The summed E-state index contributed by atoms with van der Waals surface area (Å²) >= 11 is 0. The molecule has 0 N–H and O–H groups in total. The molecule has 1 nitrogen and oxygen atoms in total. The van der Waals surface area contributed by atoms with Gasteiger partial charge in [0.2, 0.25) is 0 Å². The van der Waals surface area contributed by atoms with Gasteiger partial charge in [-0.25, -0.2) is 0 Å². The van der Waals surface area contributed by atoms with Gasteiger partial charge in [-0.05, 0) is 30.9 Å². The molecule has 1 aromatic rings. The van der Waals surface area contributed by atoms with Gasteiger partial charge in [0.1, 0.15) is 5.75 Å². The van der Waals surface area contributed by atoms with E-state index in [9.17, 15) is 0 Å². The third kappa shape index (κ3) is 3.41. The molecule has 1 aliphatic carbocycles. The highest BCUT2D eigenvalue weighted by Crippen LogP contribution is 2.33. The summed E-state index contributed by atoms with van der Waals surface area (Å²) < 4.78 is 5.61. The quantitative estimate of drug-likeness (QED) is 0.622. The van der Waals surface area contributed by atoms with Crippen molar-refractivity contribution in [3.8, 4) is 5.75 Å². The van der Waals surface area contributed by atoms with Crippen LogP contribution in [0.2, 0.25) is 0 Å². The van der Waals surface area contributed by atoms with E-state index in [1.165, 1.54) is 32.1 Å². The molecule has 2 rings (SSSR count). The summed E-state index contributed by atoms with van der Waals surface area (Å²) in [5.41, 5.74) is 0. The van der Waals surface area contributed by atoms with E-state index < -0.39 is 0 Å². The zero-order valence-corrected chi connectivity index (χ0v) is 8.61. The third-order valence-electron chi connectivity index (χ3n) is 2.72. The van der Waals surface area contributed by atoms with Gasteiger partial charge in [-0.1, -0.05) is 37.5 Å². The Hall–Kier alpha value is -0.980. The van der Waals surface area contributed by atoms with Crippen molar-refractivity contribution in [1.29, 1.82) is 0 Å². The molecule has 0 heterocycles. The fourth-order valence-electron chi connectivity index (χ4n) is 1.65. The van der Waals surface area contributed by atoms with E-state index in [2.05, 4.69) is 0 Å². The Balaban J connectivity index is 1.54. The molecule has 0 unspecified atom stereocenters. The zero-order valence-electron chi connectivity index (χ0n) is 8.61. The lowest BCUT2D eigenvalue weighted by molar-refractivity contribution is 0.304. The van der Waals surface area contributed by atoms with Gasteiger partial charge in [-0.2, -0.15) is 0 Å². The van der Waals surface area contributed by atoms with E-state index >= 15 is 0 Å². The summed E-state index contributed by atoms with van der Waals surface area (Å²) in [6.45, 7) is 0.872. The van der Waals surface area contributed by atoms with Gasteiger partial charge in [0.25, 0.3) is 0 Å². The van der Waals surface area contributed by atoms with E-state index in [0.29, 0.717) is 0 Å². The van der Waals surface area contributed by atoms with Crippen LogP contribution in [0.1, 0.15) is 32.1 Å². The molecule has 1 aliphatic rings. The second-order valence-electron chi connectivity index (χ2n) is 4.10. The number of para-hydroxylation sites is 1. The minimum Gasteiger partial charge on any atom is -0.494 e. The molecule has 0 aliphatic heterocycles. The molecular weight excluding hydrogens is 172 g/mol. The van der Waals surface area contributed by atoms with Crippen LogP contribution >= 0.6 is 0 Å². The van der Waals surface area contributed by atoms with Crippen LogP contribution in [-0.2, 0) is 0 Å². The average molecular weight is 190 g/mol. The van der Waals surface area contributed by atoms with Gasteiger partial charge in [0.05, 0.1) is 6.61 Å². The summed E-state index contributed by atoms with van der Waals surface area (Å²) in [4.78, 5) is 0. The summed E-state index contributed by atoms with van der Waals surface area (Å²) in [6.07, 6.45) is 6.89. The summed E-state index contributed by atoms with van der Waals surface area (Å²) in [5.74, 6) is 2.06. The highest BCUT2D eigenvalue weighted by molar-refractivity contribution is 5.20. The number of ether oxygens (including phenoxy) is 1. The van der Waals surface area contributed by atoms with Crippen molar-refractivity contribution in [3.05, 3.63) is 30.3 Å². The van der Waals surface area contributed by atoms with Gasteiger partial charge in [-0.3, -0.25) is 0 Å². The van der Waals surface area contributed by atoms with Crippen LogP contribution in [0.15, 0.2) is 30.3 Å². The molecule has 1 saturated carbocycles. The number of benzene rings is 1. The molecule has 0 aromatic heterocycles. The molecule has 76 valence electrons. The Morgan fingerprint density at radius 1 is 1.07 bits per heavy atom. The van der Waals surface area contributed by atoms with Crippen LogP contribution < -0.4 is 4.74 Å². The molecule has 1 aromatic carbocycles. The fraction of sp³-hybridized carbons (Fsp3) is 0.538. The predicted octanol–water partition coefficient (Wildman–Crippen LogP) is 3.65. The van der Waals surface area contributed by atoms with E-state index in [4.69, 9.17) is 4.74 Å². The molecule has 0 amide bonds. The molecule has 0 saturated heterocycles. The average Bonchev–Trinajstić information content (AvgIpc) is 3.03. The summed E-state index contributed by atoms with van der Waals surface area (Å²) in [7, 11) is 0. The topological polar surface area (TPSA) is 9.23 Å². The van der Waals surface area contributed by atoms with Crippen molar-refractivity contribution >= 4 is 0 Å². The third-order valence-corrected chi connectivity index (χ3v) is 2.72. The van der Waals surface area contributed by atoms with E-state index in [-0.39, 0.29) is 0 Å². The Morgan fingerprint density at radius 2 is 1.86 bits per heavy atom. The molecule has 0 atom stereocenters. The standard InChI is InChI=1S/C13H18O/c1-2-7-13(8-3-1)14-11-5-4-6-12-9-10-12/h1-3,7-8,12H,4-6,9-11H2. The van der Waals surface area contributed by atoms with Gasteiger partial charge >= 0.3 is 0 Å². The van der Waals surface area contributed by atoms with Crippen LogP contribution in [0.25, 0.3) is 0 Å². The number of rotatable bonds is 6. The Labute approximate surface area is 86.1 Å².